The van der Waals surface area contributed by atoms with E-state index >= 15 is 0 Å². The Bertz CT molecular complexity index is 1390. The van der Waals surface area contributed by atoms with Crippen molar-refractivity contribution in [3.8, 4) is 17.4 Å². The van der Waals surface area contributed by atoms with Crippen LogP contribution in [0.15, 0.2) is 30.7 Å². The number of aliphatic hydroxyl groups is 2. The van der Waals surface area contributed by atoms with E-state index in [9.17, 15) is 9.18 Å². The minimum Gasteiger partial charge on any atom is -0.492 e. The van der Waals surface area contributed by atoms with Gasteiger partial charge in [0.25, 0.3) is 0 Å². The predicted octanol–water partition coefficient (Wildman–Crippen LogP) is 3.48. The Morgan fingerprint density at radius 3 is 2.76 bits per heavy atom. The summed E-state index contributed by atoms with van der Waals surface area (Å²) < 4.78 is 32.6. The average molecular weight is 517 g/mol. The normalized spacial score (nSPS) is 19.5. The Balaban J connectivity index is 0.000000245. The SMILES string of the molecule is CCCOc1cn2ncnc(Oc3ccc4[nH]c(C)cc4c3F)c2c1C.O=C(O)[C@@H]1C[C@H](O)C[C@H](O)O1. The third-order valence-electron chi connectivity index (χ3n) is 5.81. The van der Waals surface area contributed by atoms with E-state index in [0.29, 0.717) is 17.5 Å². The molecule has 1 aromatic carbocycles. The number of benzene rings is 1. The lowest BCUT2D eigenvalue weighted by atomic mass is 10.1. The highest BCUT2D eigenvalue weighted by atomic mass is 19.1. The maximum Gasteiger partial charge on any atom is 0.333 e. The lowest BCUT2D eigenvalue weighted by molar-refractivity contribution is -0.203. The van der Waals surface area contributed by atoms with Gasteiger partial charge in [-0.05, 0) is 38.5 Å². The highest BCUT2D eigenvalue weighted by molar-refractivity contribution is 5.83. The van der Waals surface area contributed by atoms with E-state index in [4.69, 9.17) is 24.8 Å². The molecular weight excluding hydrogens is 487 g/mol. The molecule has 12 heteroatoms. The lowest BCUT2D eigenvalue weighted by Crippen LogP contribution is -2.39. The van der Waals surface area contributed by atoms with Crippen LogP contribution in [0.1, 0.15) is 37.4 Å². The molecule has 1 aliphatic heterocycles. The van der Waals surface area contributed by atoms with Crippen molar-refractivity contribution in [2.75, 3.05) is 6.61 Å². The second kappa shape index (κ2) is 11.1. The Hall–Kier alpha value is -3.74. The zero-order chi connectivity index (χ0) is 26.7. The molecule has 3 atom stereocenters. The summed E-state index contributed by atoms with van der Waals surface area (Å²) in [6.45, 7) is 6.45. The third-order valence-corrected chi connectivity index (χ3v) is 5.81. The van der Waals surface area contributed by atoms with E-state index < -0.39 is 30.3 Å². The largest absolute Gasteiger partial charge is 0.492 e. The number of carboxylic acid groups (broad SMARTS) is 1. The molecule has 3 aromatic heterocycles. The first-order chi connectivity index (χ1) is 17.7. The van der Waals surface area contributed by atoms with Gasteiger partial charge in [-0.25, -0.2) is 13.7 Å². The summed E-state index contributed by atoms with van der Waals surface area (Å²) >= 11 is 0. The Labute approximate surface area is 211 Å². The van der Waals surface area contributed by atoms with Gasteiger partial charge in [-0.15, -0.1) is 0 Å². The number of aromatic amines is 1. The summed E-state index contributed by atoms with van der Waals surface area (Å²) in [7, 11) is 0. The van der Waals surface area contributed by atoms with Crippen molar-refractivity contribution < 1.29 is 38.7 Å². The van der Waals surface area contributed by atoms with E-state index in [-0.39, 0.29) is 24.5 Å². The van der Waals surface area contributed by atoms with Crippen molar-refractivity contribution in [1.29, 1.82) is 0 Å². The van der Waals surface area contributed by atoms with Gasteiger partial charge < -0.3 is 34.5 Å². The van der Waals surface area contributed by atoms with Gasteiger partial charge >= 0.3 is 5.97 Å². The summed E-state index contributed by atoms with van der Waals surface area (Å²) in [5.41, 5.74) is 3.13. The van der Waals surface area contributed by atoms with E-state index in [1.165, 1.54) is 6.33 Å². The zero-order valence-electron chi connectivity index (χ0n) is 20.6. The number of hydrogen-bond acceptors (Lipinski definition) is 8. The summed E-state index contributed by atoms with van der Waals surface area (Å²) in [6.07, 6.45) is 1.19. The summed E-state index contributed by atoms with van der Waals surface area (Å²) in [4.78, 5) is 17.6. The van der Waals surface area contributed by atoms with Crippen LogP contribution in [-0.4, -0.2) is 66.0 Å². The van der Waals surface area contributed by atoms with E-state index in [2.05, 4.69) is 19.8 Å². The van der Waals surface area contributed by atoms with Gasteiger partial charge in [0.05, 0.1) is 18.9 Å². The Morgan fingerprint density at radius 2 is 2.05 bits per heavy atom. The lowest BCUT2D eigenvalue weighted by Gasteiger charge is -2.27. The molecule has 11 nitrogen and oxygen atoms in total. The van der Waals surface area contributed by atoms with Crippen molar-refractivity contribution in [3.05, 3.63) is 47.8 Å². The number of fused-ring (bicyclic) bond motifs is 2. The predicted molar refractivity (Wildman–Crippen MR) is 130 cm³/mol. The average Bonchev–Trinajstić information content (AvgIpc) is 3.39. The van der Waals surface area contributed by atoms with Crippen LogP contribution in [0.25, 0.3) is 16.4 Å². The monoisotopic (exact) mass is 516 g/mol. The fourth-order valence-corrected chi connectivity index (χ4v) is 4.04. The molecular formula is C25H29FN4O7. The molecule has 4 N–H and O–H groups in total. The standard InChI is InChI=1S/C19H19FN4O2.C6H10O5/c1-4-7-25-16-9-24-18(12(16)3)19(21-10-22-24)26-15-6-5-14-13(17(15)20)8-11(2)23-14;7-3-1-4(6(9)10)11-5(8)2-3/h5-6,8-10,23H,4,7H2,1-3H3;3-5,7-8H,1-2H2,(H,9,10)/t;3-,4-,5+/m.0/s1. The van der Waals surface area contributed by atoms with Crippen molar-refractivity contribution in [3.63, 3.8) is 0 Å². The molecule has 0 saturated carbocycles. The molecule has 5 rings (SSSR count). The van der Waals surface area contributed by atoms with E-state index in [0.717, 1.165) is 28.9 Å². The van der Waals surface area contributed by atoms with Gasteiger partial charge in [0.1, 0.15) is 17.6 Å². The first-order valence-electron chi connectivity index (χ1n) is 11.8. The van der Waals surface area contributed by atoms with Gasteiger partial charge in [-0.1, -0.05) is 6.92 Å². The molecule has 1 fully saturated rings. The molecule has 0 radical (unpaired) electrons. The number of aliphatic carboxylic acids is 1. The number of hydrogen-bond donors (Lipinski definition) is 4. The smallest absolute Gasteiger partial charge is 0.333 e. The van der Waals surface area contributed by atoms with Gasteiger partial charge in [0.2, 0.25) is 5.88 Å². The molecule has 4 heterocycles. The molecule has 37 heavy (non-hydrogen) atoms. The van der Waals surface area contributed by atoms with E-state index in [1.807, 2.05) is 20.8 Å². The van der Waals surface area contributed by atoms with Crippen LogP contribution >= 0.6 is 0 Å². The number of nitrogens with one attached hydrogen (secondary N) is 1. The number of aliphatic hydroxyl groups excluding tert-OH is 2. The Kier molecular flexibility index (Phi) is 7.91. The van der Waals surface area contributed by atoms with Crippen LogP contribution in [0.2, 0.25) is 0 Å². The molecule has 0 bridgehead atoms. The number of nitrogens with zero attached hydrogens (tertiary/aromatic N) is 3. The van der Waals surface area contributed by atoms with Gasteiger partial charge in [0, 0.05) is 35.0 Å². The highest BCUT2D eigenvalue weighted by Crippen LogP contribution is 2.34. The van der Waals surface area contributed by atoms with Crippen LogP contribution in [-0.2, 0) is 9.53 Å². The van der Waals surface area contributed by atoms with Crippen LogP contribution < -0.4 is 9.47 Å². The van der Waals surface area contributed by atoms with Crippen molar-refractivity contribution >= 4 is 22.4 Å². The number of carbonyl (C=O) groups is 1. The first-order valence-corrected chi connectivity index (χ1v) is 11.8. The number of aromatic nitrogens is 4. The van der Waals surface area contributed by atoms with Crippen LogP contribution in [0.3, 0.4) is 0 Å². The van der Waals surface area contributed by atoms with Crippen LogP contribution in [0.4, 0.5) is 4.39 Å². The number of H-pyrrole nitrogens is 1. The fraction of sp³-hybridized carbons (Fsp3) is 0.400. The molecule has 0 amide bonds. The molecule has 0 spiro atoms. The van der Waals surface area contributed by atoms with Crippen molar-refractivity contribution in [2.24, 2.45) is 0 Å². The van der Waals surface area contributed by atoms with Gasteiger partial charge in [-0.3, -0.25) is 0 Å². The number of carboxylic acids is 1. The topological polar surface area (TPSA) is 151 Å². The molecule has 0 unspecified atom stereocenters. The molecule has 0 aliphatic carbocycles. The number of rotatable bonds is 6. The summed E-state index contributed by atoms with van der Waals surface area (Å²) in [6, 6.07) is 5.14. The Morgan fingerprint density at radius 1 is 1.27 bits per heavy atom. The quantitative estimate of drug-likeness (QED) is 0.302. The maximum atomic E-state index is 14.8. The maximum absolute atomic E-state index is 14.8. The fourth-order valence-electron chi connectivity index (χ4n) is 4.04. The zero-order valence-corrected chi connectivity index (χ0v) is 20.6. The highest BCUT2D eigenvalue weighted by Gasteiger charge is 2.31. The summed E-state index contributed by atoms with van der Waals surface area (Å²) in [5, 5.41) is 31.0. The number of ether oxygens (including phenoxy) is 3. The minimum absolute atomic E-state index is 0.0480. The van der Waals surface area contributed by atoms with Crippen molar-refractivity contribution in [2.45, 2.75) is 58.5 Å². The molecule has 1 saturated heterocycles. The van der Waals surface area contributed by atoms with Crippen LogP contribution in [0, 0.1) is 19.7 Å². The molecule has 1 aliphatic rings. The first kappa shape index (κ1) is 26.3. The van der Waals surface area contributed by atoms with Crippen molar-refractivity contribution in [1.82, 2.24) is 19.6 Å². The minimum atomic E-state index is -1.15. The van der Waals surface area contributed by atoms with E-state index in [1.54, 1.807) is 28.9 Å². The van der Waals surface area contributed by atoms with Crippen LogP contribution in [0.5, 0.6) is 17.4 Å². The second-order valence-corrected chi connectivity index (χ2v) is 8.76. The molecule has 4 aromatic rings. The van der Waals surface area contributed by atoms with Gasteiger partial charge in [0.15, 0.2) is 24.0 Å². The molecule has 198 valence electrons. The summed E-state index contributed by atoms with van der Waals surface area (Å²) in [5.74, 6) is -0.449. The van der Waals surface area contributed by atoms with Gasteiger partial charge in [-0.2, -0.15) is 10.1 Å². The number of aryl methyl sites for hydroxylation is 2. The number of halogens is 1. The third kappa shape index (κ3) is 5.82. The second-order valence-electron chi connectivity index (χ2n) is 8.76.